The number of nitrogens with one attached hydrogen (secondary N) is 1. The second-order valence-electron chi connectivity index (χ2n) is 4.08. The molecule has 2 heterocycles. The number of aromatic nitrogens is 5. The smallest absolute Gasteiger partial charge is 0.209 e. The Morgan fingerprint density at radius 1 is 1.50 bits per heavy atom. The van der Waals surface area contributed by atoms with Crippen LogP contribution in [-0.2, 0) is 5.75 Å². The standard InChI is InChI=1S/C10H13N7S/c11-13-9-7(2-1-5-12-9)6-18-10-14-15-16-17(10)8-3-4-8/h1-2,5,8H,3-4,6,11H2,(H,12,13). The number of anilines is 1. The molecule has 0 atom stereocenters. The molecule has 94 valence electrons. The molecule has 0 amide bonds. The predicted octanol–water partition coefficient (Wildman–Crippen LogP) is 0.981. The zero-order valence-electron chi connectivity index (χ0n) is 9.65. The molecule has 8 heteroatoms. The topological polar surface area (TPSA) is 94.5 Å². The summed E-state index contributed by atoms with van der Waals surface area (Å²) < 4.78 is 1.90. The molecule has 1 aliphatic rings. The van der Waals surface area contributed by atoms with Crippen LogP contribution in [0.4, 0.5) is 5.82 Å². The molecule has 7 nitrogen and oxygen atoms in total. The molecule has 0 radical (unpaired) electrons. The zero-order valence-corrected chi connectivity index (χ0v) is 10.5. The maximum Gasteiger partial charge on any atom is 0.209 e. The van der Waals surface area contributed by atoms with Crippen LogP contribution in [-0.4, -0.2) is 25.2 Å². The minimum Gasteiger partial charge on any atom is -0.308 e. The molecule has 0 spiro atoms. The van der Waals surface area contributed by atoms with E-state index < -0.39 is 0 Å². The normalized spacial score (nSPS) is 14.7. The molecule has 0 aromatic carbocycles. The highest BCUT2D eigenvalue weighted by molar-refractivity contribution is 7.98. The Morgan fingerprint density at radius 2 is 2.39 bits per heavy atom. The minimum absolute atomic E-state index is 0.489. The van der Waals surface area contributed by atoms with Crippen molar-refractivity contribution in [2.75, 3.05) is 5.43 Å². The largest absolute Gasteiger partial charge is 0.308 e. The second kappa shape index (κ2) is 4.91. The highest BCUT2D eigenvalue weighted by Crippen LogP contribution is 2.37. The van der Waals surface area contributed by atoms with Gasteiger partial charge in [-0.25, -0.2) is 15.5 Å². The Labute approximate surface area is 108 Å². The number of hydrogen-bond donors (Lipinski definition) is 2. The zero-order chi connectivity index (χ0) is 12.4. The van der Waals surface area contributed by atoms with Crippen LogP contribution in [0.3, 0.4) is 0 Å². The molecule has 3 N–H and O–H groups in total. The molecule has 2 aromatic heterocycles. The maximum absolute atomic E-state index is 5.42. The number of hydrogen-bond acceptors (Lipinski definition) is 7. The third-order valence-corrected chi connectivity index (χ3v) is 3.72. The molecule has 0 bridgehead atoms. The van der Waals surface area contributed by atoms with Gasteiger partial charge in [-0.3, -0.25) is 0 Å². The Balaban J connectivity index is 1.71. The van der Waals surface area contributed by atoms with Gasteiger partial charge in [0.15, 0.2) is 0 Å². The highest BCUT2D eigenvalue weighted by atomic mass is 32.2. The van der Waals surface area contributed by atoms with Crippen LogP contribution >= 0.6 is 11.8 Å². The first-order valence-electron chi connectivity index (χ1n) is 5.69. The van der Waals surface area contributed by atoms with Gasteiger partial charge in [-0.1, -0.05) is 17.8 Å². The molecule has 2 aromatic rings. The lowest BCUT2D eigenvalue weighted by Gasteiger charge is -2.06. The van der Waals surface area contributed by atoms with Crippen LogP contribution in [0.1, 0.15) is 24.4 Å². The maximum atomic E-state index is 5.42. The number of nitrogens with zero attached hydrogens (tertiary/aromatic N) is 5. The molecule has 3 rings (SSSR count). The van der Waals surface area contributed by atoms with Gasteiger partial charge in [0.05, 0.1) is 6.04 Å². The van der Waals surface area contributed by atoms with E-state index in [0.29, 0.717) is 11.9 Å². The molecule has 1 fully saturated rings. The first-order valence-corrected chi connectivity index (χ1v) is 6.68. The van der Waals surface area contributed by atoms with Crippen molar-refractivity contribution in [2.24, 2.45) is 5.84 Å². The lowest BCUT2D eigenvalue weighted by atomic mass is 10.3. The van der Waals surface area contributed by atoms with Crippen molar-refractivity contribution >= 4 is 17.6 Å². The van der Waals surface area contributed by atoms with Crippen LogP contribution in [0.5, 0.6) is 0 Å². The number of thioether (sulfide) groups is 1. The fourth-order valence-electron chi connectivity index (χ4n) is 1.66. The summed E-state index contributed by atoms with van der Waals surface area (Å²) in [4.78, 5) is 4.16. The molecular formula is C10H13N7S. The van der Waals surface area contributed by atoms with E-state index in [1.165, 1.54) is 12.8 Å². The quantitative estimate of drug-likeness (QED) is 0.471. The SMILES string of the molecule is NNc1ncccc1CSc1nnnn1C1CC1. The van der Waals surface area contributed by atoms with Crippen molar-refractivity contribution in [3.05, 3.63) is 23.9 Å². The Morgan fingerprint density at radius 3 is 3.17 bits per heavy atom. The van der Waals surface area contributed by atoms with E-state index in [0.717, 1.165) is 16.5 Å². The number of tetrazole rings is 1. The van der Waals surface area contributed by atoms with Gasteiger partial charge in [0.1, 0.15) is 5.82 Å². The molecular weight excluding hydrogens is 250 g/mol. The summed E-state index contributed by atoms with van der Waals surface area (Å²) in [5.41, 5.74) is 3.63. The summed E-state index contributed by atoms with van der Waals surface area (Å²) in [7, 11) is 0. The van der Waals surface area contributed by atoms with E-state index in [1.807, 2.05) is 16.8 Å². The average Bonchev–Trinajstić information content (AvgIpc) is 3.16. The van der Waals surface area contributed by atoms with Gasteiger partial charge in [0.2, 0.25) is 5.16 Å². The summed E-state index contributed by atoms with van der Waals surface area (Å²) in [6.07, 6.45) is 4.04. The second-order valence-corrected chi connectivity index (χ2v) is 5.02. The first-order chi connectivity index (χ1) is 8.88. The molecule has 1 aliphatic carbocycles. The van der Waals surface area contributed by atoms with Crippen LogP contribution in [0.2, 0.25) is 0 Å². The minimum atomic E-state index is 0.489. The van der Waals surface area contributed by atoms with Crippen LogP contribution < -0.4 is 11.3 Å². The summed E-state index contributed by atoms with van der Waals surface area (Å²) in [6.45, 7) is 0. The van der Waals surface area contributed by atoms with Gasteiger partial charge in [0, 0.05) is 17.5 Å². The average molecular weight is 263 g/mol. The van der Waals surface area contributed by atoms with E-state index in [1.54, 1.807) is 18.0 Å². The van der Waals surface area contributed by atoms with Gasteiger partial charge in [-0.05, 0) is 29.3 Å². The molecule has 1 saturated carbocycles. The van der Waals surface area contributed by atoms with Crippen LogP contribution in [0, 0.1) is 0 Å². The fraction of sp³-hybridized carbons (Fsp3) is 0.400. The number of rotatable bonds is 5. The Kier molecular flexibility index (Phi) is 3.11. The van der Waals surface area contributed by atoms with Crippen molar-refractivity contribution in [3.63, 3.8) is 0 Å². The van der Waals surface area contributed by atoms with Gasteiger partial charge in [0.25, 0.3) is 0 Å². The Hall–Kier alpha value is -1.67. The fourth-order valence-corrected chi connectivity index (χ4v) is 2.59. The van der Waals surface area contributed by atoms with E-state index in [9.17, 15) is 0 Å². The van der Waals surface area contributed by atoms with Crippen LogP contribution in [0.25, 0.3) is 0 Å². The van der Waals surface area contributed by atoms with Crippen molar-refractivity contribution in [1.82, 2.24) is 25.2 Å². The lowest BCUT2D eigenvalue weighted by Crippen LogP contribution is -2.10. The Bertz CT molecular complexity index is 537. The van der Waals surface area contributed by atoms with Crippen molar-refractivity contribution in [1.29, 1.82) is 0 Å². The number of nitrogens with two attached hydrogens (primary N) is 1. The summed E-state index contributed by atoms with van der Waals surface area (Å²) in [5.74, 6) is 6.85. The lowest BCUT2D eigenvalue weighted by molar-refractivity contribution is 0.565. The van der Waals surface area contributed by atoms with Gasteiger partial charge in [-0.15, -0.1) is 5.10 Å². The summed E-state index contributed by atoms with van der Waals surface area (Å²) in [6, 6.07) is 4.37. The third-order valence-electron chi connectivity index (χ3n) is 2.74. The van der Waals surface area contributed by atoms with Gasteiger partial charge in [-0.2, -0.15) is 0 Å². The molecule has 0 unspecified atom stereocenters. The number of hydrazine groups is 1. The van der Waals surface area contributed by atoms with E-state index in [2.05, 4.69) is 25.9 Å². The summed E-state index contributed by atoms with van der Waals surface area (Å²) in [5, 5.41) is 12.6. The van der Waals surface area contributed by atoms with Crippen molar-refractivity contribution < 1.29 is 0 Å². The third kappa shape index (κ3) is 2.29. The molecule has 0 saturated heterocycles. The molecule has 0 aliphatic heterocycles. The van der Waals surface area contributed by atoms with E-state index >= 15 is 0 Å². The first kappa shape index (κ1) is 11.4. The molecule has 18 heavy (non-hydrogen) atoms. The summed E-state index contributed by atoms with van der Waals surface area (Å²) >= 11 is 1.60. The number of pyridine rings is 1. The van der Waals surface area contributed by atoms with Gasteiger partial charge >= 0.3 is 0 Å². The monoisotopic (exact) mass is 263 g/mol. The number of nitrogen functional groups attached to an aromatic ring is 1. The van der Waals surface area contributed by atoms with E-state index in [-0.39, 0.29) is 0 Å². The van der Waals surface area contributed by atoms with Crippen molar-refractivity contribution in [2.45, 2.75) is 29.8 Å². The van der Waals surface area contributed by atoms with Crippen molar-refractivity contribution in [3.8, 4) is 0 Å². The van der Waals surface area contributed by atoms with Gasteiger partial charge < -0.3 is 5.43 Å². The predicted molar refractivity (Wildman–Crippen MR) is 67.7 cm³/mol. The van der Waals surface area contributed by atoms with Crippen LogP contribution in [0.15, 0.2) is 23.5 Å². The highest BCUT2D eigenvalue weighted by Gasteiger charge is 2.27. The van der Waals surface area contributed by atoms with E-state index in [4.69, 9.17) is 5.84 Å².